The fraction of sp³-hybridized carbons (Fsp3) is 0.357. The molecule has 0 bridgehead atoms. The first-order valence-corrected chi connectivity index (χ1v) is 7.32. The number of hydrogen-bond acceptors (Lipinski definition) is 2. The summed E-state index contributed by atoms with van der Waals surface area (Å²) in [6.07, 6.45) is 0. The number of benzene rings is 1. The maximum atomic E-state index is 6.19. The largest absolute Gasteiger partial charge is 0.236 e. The van der Waals surface area contributed by atoms with Crippen molar-refractivity contribution in [2.24, 2.45) is 5.92 Å². The van der Waals surface area contributed by atoms with Gasteiger partial charge in [0, 0.05) is 16.7 Å². The molecule has 1 nitrogen and oxygen atoms in total. The Kier molecular flexibility index (Phi) is 4.30. The molecule has 2 aromatic rings. The molecule has 0 saturated carbocycles. The highest BCUT2D eigenvalue weighted by molar-refractivity contribution is 7.98. The molecule has 0 radical (unpaired) electrons. The van der Waals surface area contributed by atoms with Crippen molar-refractivity contribution in [3.05, 3.63) is 41.0 Å². The molecule has 1 heterocycles. The van der Waals surface area contributed by atoms with E-state index in [1.807, 2.05) is 30.0 Å². The number of para-hydroxylation sites is 1. The monoisotopic (exact) mass is 265 g/mol. The predicted octanol–water partition coefficient (Wildman–Crippen LogP) is 4.78. The van der Waals surface area contributed by atoms with Gasteiger partial charge in [0.2, 0.25) is 0 Å². The first-order valence-electron chi connectivity index (χ1n) is 5.78. The SMILES string of the molecule is CC(C)CSCc1cc2ccccc2nc1Cl. The Bertz CT molecular complexity index is 511. The Morgan fingerprint density at radius 1 is 1.29 bits per heavy atom. The Morgan fingerprint density at radius 3 is 2.82 bits per heavy atom. The minimum Gasteiger partial charge on any atom is -0.236 e. The number of fused-ring (bicyclic) bond motifs is 1. The van der Waals surface area contributed by atoms with Crippen LogP contribution in [0.2, 0.25) is 5.15 Å². The van der Waals surface area contributed by atoms with Crippen molar-refractivity contribution in [3.63, 3.8) is 0 Å². The highest BCUT2D eigenvalue weighted by Crippen LogP contribution is 2.24. The van der Waals surface area contributed by atoms with Crippen molar-refractivity contribution in [1.82, 2.24) is 4.98 Å². The van der Waals surface area contributed by atoms with Gasteiger partial charge >= 0.3 is 0 Å². The molecule has 0 amide bonds. The summed E-state index contributed by atoms with van der Waals surface area (Å²) >= 11 is 8.11. The van der Waals surface area contributed by atoms with Gasteiger partial charge in [-0.05, 0) is 23.8 Å². The molecule has 1 aromatic carbocycles. The Morgan fingerprint density at radius 2 is 2.06 bits per heavy atom. The standard InChI is InChI=1S/C14H16ClNS/c1-10(2)8-17-9-12-7-11-5-3-4-6-13(11)16-14(12)15/h3-7,10H,8-9H2,1-2H3. The van der Waals surface area contributed by atoms with E-state index in [0.29, 0.717) is 11.1 Å². The second kappa shape index (κ2) is 5.74. The fourth-order valence-electron chi connectivity index (χ4n) is 1.64. The molecule has 3 heteroatoms. The highest BCUT2D eigenvalue weighted by Gasteiger charge is 2.05. The molecule has 0 saturated heterocycles. The van der Waals surface area contributed by atoms with E-state index in [9.17, 15) is 0 Å². The molecule has 0 fully saturated rings. The number of hydrogen-bond donors (Lipinski definition) is 0. The van der Waals surface area contributed by atoms with Gasteiger partial charge in [-0.2, -0.15) is 11.8 Å². The summed E-state index contributed by atoms with van der Waals surface area (Å²) in [6.45, 7) is 4.46. The molecule has 1 aromatic heterocycles. The van der Waals surface area contributed by atoms with Crippen molar-refractivity contribution in [3.8, 4) is 0 Å². The van der Waals surface area contributed by atoms with Crippen LogP contribution in [0, 0.1) is 5.92 Å². The van der Waals surface area contributed by atoms with Crippen molar-refractivity contribution in [2.75, 3.05) is 5.75 Å². The molecule has 17 heavy (non-hydrogen) atoms. The van der Waals surface area contributed by atoms with E-state index in [-0.39, 0.29) is 0 Å². The zero-order chi connectivity index (χ0) is 12.3. The third-order valence-corrected chi connectivity index (χ3v) is 4.20. The van der Waals surface area contributed by atoms with Crippen LogP contribution >= 0.6 is 23.4 Å². The van der Waals surface area contributed by atoms with Crippen LogP contribution in [0.25, 0.3) is 10.9 Å². The minimum absolute atomic E-state index is 0.639. The zero-order valence-corrected chi connectivity index (χ0v) is 11.7. The van der Waals surface area contributed by atoms with E-state index < -0.39 is 0 Å². The van der Waals surface area contributed by atoms with Gasteiger partial charge in [-0.15, -0.1) is 0 Å². The van der Waals surface area contributed by atoms with Gasteiger partial charge in [-0.25, -0.2) is 4.98 Å². The average Bonchev–Trinajstić information content (AvgIpc) is 2.29. The van der Waals surface area contributed by atoms with E-state index in [1.165, 1.54) is 0 Å². The maximum absolute atomic E-state index is 6.19. The number of aromatic nitrogens is 1. The predicted molar refractivity (Wildman–Crippen MR) is 77.8 cm³/mol. The van der Waals surface area contributed by atoms with Gasteiger partial charge in [0.05, 0.1) is 5.52 Å². The Hall–Kier alpha value is -0.730. The topological polar surface area (TPSA) is 12.9 Å². The number of nitrogens with zero attached hydrogens (tertiary/aromatic N) is 1. The van der Waals surface area contributed by atoms with E-state index >= 15 is 0 Å². The van der Waals surface area contributed by atoms with E-state index in [1.54, 1.807) is 0 Å². The van der Waals surface area contributed by atoms with E-state index in [4.69, 9.17) is 11.6 Å². The van der Waals surface area contributed by atoms with Crippen LogP contribution in [-0.4, -0.2) is 10.7 Å². The first-order chi connectivity index (χ1) is 8.16. The number of rotatable bonds is 4. The van der Waals surface area contributed by atoms with Gasteiger partial charge in [0.25, 0.3) is 0 Å². The van der Waals surface area contributed by atoms with Gasteiger partial charge in [0.1, 0.15) is 5.15 Å². The zero-order valence-electron chi connectivity index (χ0n) is 10.1. The lowest BCUT2D eigenvalue weighted by Crippen LogP contribution is -1.93. The van der Waals surface area contributed by atoms with Crippen LogP contribution < -0.4 is 0 Å². The molecule has 0 spiro atoms. The van der Waals surface area contributed by atoms with Crippen LogP contribution in [0.4, 0.5) is 0 Å². The summed E-state index contributed by atoms with van der Waals surface area (Å²) in [5.74, 6) is 2.81. The quantitative estimate of drug-likeness (QED) is 0.738. The van der Waals surface area contributed by atoms with Crippen LogP contribution in [-0.2, 0) is 5.75 Å². The first kappa shape index (κ1) is 12.7. The van der Waals surface area contributed by atoms with Gasteiger partial charge in [-0.3, -0.25) is 0 Å². The maximum Gasteiger partial charge on any atom is 0.133 e. The Balaban J connectivity index is 2.19. The smallest absolute Gasteiger partial charge is 0.133 e. The molecule has 0 aliphatic rings. The lowest BCUT2D eigenvalue weighted by molar-refractivity contribution is 0.750. The van der Waals surface area contributed by atoms with Crippen LogP contribution in [0.5, 0.6) is 0 Å². The lowest BCUT2D eigenvalue weighted by Gasteiger charge is -2.07. The summed E-state index contributed by atoms with van der Waals surface area (Å²) in [7, 11) is 0. The van der Waals surface area contributed by atoms with Crippen molar-refractivity contribution >= 4 is 34.3 Å². The summed E-state index contributed by atoms with van der Waals surface area (Å²) in [4.78, 5) is 4.43. The lowest BCUT2D eigenvalue weighted by atomic mass is 10.2. The average molecular weight is 266 g/mol. The molecule has 0 unspecified atom stereocenters. The molecular formula is C14H16ClNS. The van der Waals surface area contributed by atoms with Crippen LogP contribution in [0.3, 0.4) is 0 Å². The van der Waals surface area contributed by atoms with Crippen molar-refractivity contribution in [2.45, 2.75) is 19.6 Å². The van der Waals surface area contributed by atoms with E-state index in [2.05, 4.69) is 31.0 Å². The third kappa shape index (κ3) is 3.36. The van der Waals surface area contributed by atoms with Crippen molar-refractivity contribution in [1.29, 1.82) is 0 Å². The van der Waals surface area contributed by atoms with Crippen molar-refractivity contribution < 1.29 is 0 Å². The normalized spacial score (nSPS) is 11.3. The second-order valence-corrected chi connectivity index (χ2v) is 5.93. The number of pyridine rings is 1. The number of thioether (sulfide) groups is 1. The summed E-state index contributed by atoms with van der Waals surface area (Å²) in [5.41, 5.74) is 2.10. The molecular weight excluding hydrogens is 250 g/mol. The fourth-order valence-corrected chi connectivity index (χ4v) is 2.96. The molecule has 90 valence electrons. The summed E-state index contributed by atoms with van der Waals surface area (Å²) < 4.78 is 0. The Labute approximate surface area is 112 Å². The third-order valence-electron chi connectivity index (χ3n) is 2.46. The van der Waals surface area contributed by atoms with Crippen LogP contribution in [0.15, 0.2) is 30.3 Å². The summed E-state index contributed by atoms with van der Waals surface area (Å²) in [6, 6.07) is 10.2. The number of halogens is 1. The molecule has 2 rings (SSSR count). The van der Waals surface area contributed by atoms with Gasteiger partial charge < -0.3 is 0 Å². The molecule has 0 atom stereocenters. The summed E-state index contributed by atoms with van der Waals surface area (Å²) in [5, 5.41) is 1.80. The molecule has 0 N–H and O–H groups in total. The molecule has 0 aliphatic heterocycles. The highest BCUT2D eigenvalue weighted by atomic mass is 35.5. The van der Waals surface area contributed by atoms with Crippen LogP contribution in [0.1, 0.15) is 19.4 Å². The van der Waals surface area contributed by atoms with Gasteiger partial charge in [-0.1, -0.05) is 43.6 Å². The van der Waals surface area contributed by atoms with Gasteiger partial charge in [0.15, 0.2) is 0 Å². The minimum atomic E-state index is 0.639. The van der Waals surface area contributed by atoms with E-state index in [0.717, 1.165) is 28.0 Å². The second-order valence-electron chi connectivity index (χ2n) is 4.54. The molecule has 0 aliphatic carbocycles.